The van der Waals surface area contributed by atoms with Crippen molar-refractivity contribution >= 4 is 11.9 Å². The quantitative estimate of drug-likeness (QED) is 0.856. The molecule has 130 valence electrons. The highest BCUT2D eigenvalue weighted by atomic mass is 16.2. The standard InChI is InChI=1S/C18H26N4O2/c1-19-17(24)22-11-10-21(12-15-6-3-2-4-7-15)13-18(14-22)9-5-8-16(23)20-18/h2-4,6-7H,5,8-14H2,1H3,(H,19,24)(H,20,23). The van der Waals surface area contributed by atoms with E-state index >= 15 is 0 Å². The summed E-state index contributed by atoms with van der Waals surface area (Å²) >= 11 is 0. The van der Waals surface area contributed by atoms with Gasteiger partial charge in [-0.3, -0.25) is 9.69 Å². The van der Waals surface area contributed by atoms with Crippen molar-refractivity contribution in [2.45, 2.75) is 31.3 Å². The van der Waals surface area contributed by atoms with E-state index in [9.17, 15) is 9.59 Å². The SMILES string of the molecule is CNC(=O)N1CCN(Cc2ccccc2)CC2(CCCC(=O)N2)C1. The van der Waals surface area contributed by atoms with E-state index in [-0.39, 0.29) is 17.5 Å². The average Bonchev–Trinajstić information content (AvgIpc) is 2.74. The zero-order valence-corrected chi connectivity index (χ0v) is 14.3. The van der Waals surface area contributed by atoms with Gasteiger partial charge in [-0.05, 0) is 18.4 Å². The fourth-order valence-electron chi connectivity index (χ4n) is 3.82. The Morgan fingerprint density at radius 3 is 2.75 bits per heavy atom. The first kappa shape index (κ1) is 16.8. The number of rotatable bonds is 2. The molecule has 2 saturated heterocycles. The van der Waals surface area contributed by atoms with Gasteiger partial charge >= 0.3 is 6.03 Å². The number of amides is 3. The van der Waals surface area contributed by atoms with E-state index in [0.29, 0.717) is 19.5 Å². The maximum absolute atomic E-state index is 12.2. The van der Waals surface area contributed by atoms with Crippen molar-refractivity contribution < 1.29 is 9.59 Å². The third kappa shape index (κ3) is 3.87. The minimum Gasteiger partial charge on any atom is -0.348 e. The Labute approximate surface area is 143 Å². The van der Waals surface area contributed by atoms with Crippen LogP contribution in [0, 0.1) is 0 Å². The molecule has 0 radical (unpaired) electrons. The summed E-state index contributed by atoms with van der Waals surface area (Å²) < 4.78 is 0. The number of carbonyl (C=O) groups is 2. The van der Waals surface area contributed by atoms with Gasteiger partial charge in [-0.25, -0.2) is 4.79 Å². The van der Waals surface area contributed by atoms with Crippen LogP contribution in [0.15, 0.2) is 30.3 Å². The second-order valence-electron chi connectivity index (χ2n) is 6.86. The van der Waals surface area contributed by atoms with Crippen LogP contribution in [0.25, 0.3) is 0 Å². The van der Waals surface area contributed by atoms with E-state index < -0.39 is 0 Å². The normalized spacial score (nSPS) is 25.2. The molecule has 3 rings (SSSR count). The smallest absolute Gasteiger partial charge is 0.317 e. The van der Waals surface area contributed by atoms with Gasteiger partial charge in [0.1, 0.15) is 0 Å². The number of nitrogens with zero attached hydrogens (tertiary/aromatic N) is 2. The molecule has 0 aliphatic carbocycles. The van der Waals surface area contributed by atoms with Crippen molar-refractivity contribution in [3.8, 4) is 0 Å². The van der Waals surface area contributed by atoms with Gasteiger partial charge in [-0.15, -0.1) is 0 Å². The molecule has 6 nitrogen and oxygen atoms in total. The lowest BCUT2D eigenvalue weighted by Gasteiger charge is -2.41. The van der Waals surface area contributed by atoms with Crippen LogP contribution < -0.4 is 10.6 Å². The van der Waals surface area contributed by atoms with E-state index in [1.165, 1.54) is 5.56 Å². The molecule has 1 unspecified atom stereocenters. The second kappa shape index (κ2) is 7.21. The summed E-state index contributed by atoms with van der Waals surface area (Å²) in [6.07, 6.45) is 2.38. The monoisotopic (exact) mass is 330 g/mol. The average molecular weight is 330 g/mol. The number of urea groups is 1. The van der Waals surface area contributed by atoms with E-state index in [1.54, 1.807) is 7.05 Å². The summed E-state index contributed by atoms with van der Waals surface area (Å²) in [7, 11) is 1.65. The highest BCUT2D eigenvalue weighted by Crippen LogP contribution is 2.25. The molecule has 0 aromatic heterocycles. The van der Waals surface area contributed by atoms with Gasteiger partial charge in [0.2, 0.25) is 5.91 Å². The second-order valence-corrected chi connectivity index (χ2v) is 6.86. The molecule has 1 spiro atoms. The van der Waals surface area contributed by atoms with Gasteiger partial charge in [0.25, 0.3) is 0 Å². The molecular weight excluding hydrogens is 304 g/mol. The van der Waals surface area contributed by atoms with Crippen molar-refractivity contribution in [3.05, 3.63) is 35.9 Å². The lowest BCUT2D eigenvalue weighted by Crippen LogP contribution is -2.62. The lowest BCUT2D eigenvalue weighted by atomic mass is 9.87. The van der Waals surface area contributed by atoms with Gasteiger partial charge in [0.15, 0.2) is 0 Å². The van der Waals surface area contributed by atoms with Crippen LogP contribution in [-0.4, -0.2) is 60.5 Å². The van der Waals surface area contributed by atoms with Crippen LogP contribution in [0.2, 0.25) is 0 Å². The summed E-state index contributed by atoms with van der Waals surface area (Å²) in [6, 6.07) is 10.3. The van der Waals surface area contributed by atoms with Crippen LogP contribution in [0.4, 0.5) is 4.79 Å². The first-order chi connectivity index (χ1) is 11.6. The Balaban J connectivity index is 1.79. The molecule has 24 heavy (non-hydrogen) atoms. The molecule has 1 atom stereocenters. The maximum atomic E-state index is 12.2. The van der Waals surface area contributed by atoms with Gasteiger partial charge in [-0.1, -0.05) is 30.3 Å². The predicted molar refractivity (Wildman–Crippen MR) is 92.5 cm³/mol. The maximum Gasteiger partial charge on any atom is 0.317 e. The van der Waals surface area contributed by atoms with Crippen molar-refractivity contribution in [1.82, 2.24) is 20.4 Å². The summed E-state index contributed by atoms with van der Waals surface area (Å²) in [4.78, 5) is 28.4. The molecule has 6 heteroatoms. The summed E-state index contributed by atoms with van der Waals surface area (Å²) in [5.41, 5.74) is 0.913. The molecule has 1 aromatic carbocycles. The minimum absolute atomic E-state index is 0.0734. The van der Waals surface area contributed by atoms with Crippen molar-refractivity contribution in [2.75, 3.05) is 33.2 Å². The number of nitrogens with one attached hydrogen (secondary N) is 2. The summed E-state index contributed by atoms with van der Waals surface area (Å²) in [5, 5.41) is 5.91. The zero-order valence-electron chi connectivity index (χ0n) is 14.3. The Hall–Kier alpha value is -2.08. The first-order valence-corrected chi connectivity index (χ1v) is 8.64. The zero-order chi connectivity index (χ0) is 17.0. The molecule has 2 fully saturated rings. The number of piperidine rings is 1. The molecule has 2 aliphatic rings. The van der Waals surface area contributed by atoms with E-state index in [0.717, 1.165) is 32.5 Å². The molecule has 2 aliphatic heterocycles. The van der Waals surface area contributed by atoms with Crippen LogP contribution in [0.5, 0.6) is 0 Å². The van der Waals surface area contributed by atoms with Crippen molar-refractivity contribution in [3.63, 3.8) is 0 Å². The molecule has 3 amide bonds. The highest BCUT2D eigenvalue weighted by molar-refractivity contribution is 5.78. The third-order valence-corrected chi connectivity index (χ3v) is 4.92. The Morgan fingerprint density at radius 1 is 1.25 bits per heavy atom. The van der Waals surface area contributed by atoms with Crippen molar-refractivity contribution in [1.29, 1.82) is 0 Å². The molecule has 2 N–H and O–H groups in total. The molecule has 2 heterocycles. The van der Waals surface area contributed by atoms with Crippen LogP contribution in [0.1, 0.15) is 24.8 Å². The predicted octanol–water partition coefficient (Wildman–Crippen LogP) is 1.18. The number of hydrogen-bond donors (Lipinski definition) is 2. The van der Waals surface area contributed by atoms with Gasteiger partial charge in [0, 0.05) is 46.2 Å². The van der Waals surface area contributed by atoms with Crippen molar-refractivity contribution in [2.24, 2.45) is 0 Å². The van der Waals surface area contributed by atoms with Crippen LogP contribution in [-0.2, 0) is 11.3 Å². The van der Waals surface area contributed by atoms with E-state index in [4.69, 9.17) is 0 Å². The molecule has 1 aromatic rings. The first-order valence-electron chi connectivity index (χ1n) is 8.64. The van der Waals surface area contributed by atoms with Gasteiger partial charge in [0.05, 0.1) is 5.54 Å². The largest absolute Gasteiger partial charge is 0.348 e. The van der Waals surface area contributed by atoms with E-state index in [2.05, 4.69) is 27.7 Å². The Morgan fingerprint density at radius 2 is 2.04 bits per heavy atom. The fraction of sp³-hybridized carbons (Fsp3) is 0.556. The van der Waals surface area contributed by atoms with Gasteiger partial charge in [-0.2, -0.15) is 0 Å². The molecule has 0 saturated carbocycles. The molecule has 0 bridgehead atoms. The highest BCUT2D eigenvalue weighted by Gasteiger charge is 2.41. The summed E-state index contributed by atoms with van der Waals surface area (Å²) in [5.74, 6) is 0.0969. The minimum atomic E-state index is -0.340. The third-order valence-electron chi connectivity index (χ3n) is 4.92. The Kier molecular flexibility index (Phi) is 5.04. The van der Waals surface area contributed by atoms with Gasteiger partial charge < -0.3 is 15.5 Å². The van der Waals surface area contributed by atoms with E-state index in [1.807, 2.05) is 23.1 Å². The Bertz CT molecular complexity index is 592. The number of hydrogen-bond acceptors (Lipinski definition) is 3. The number of benzene rings is 1. The topological polar surface area (TPSA) is 64.7 Å². The fourth-order valence-corrected chi connectivity index (χ4v) is 3.82. The lowest BCUT2D eigenvalue weighted by molar-refractivity contribution is -0.125. The van der Waals surface area contributed by atoms with Crippen LogP contribution >= 0.6 is 0 Å². The summed E-state index contributed by atoms with van der Waals surface area (Å²) in [6.45, 7) is 3.66. The van der Waals surface area contributed by atoms with Crippen LogP contribution in [0.3, 0.4) is 0 Å². The number of carbonyl (C=O) groups excluding carboxylic acids is 2. The molecular formula is C18H26N4O2.